The van der Waals surface area contributed by atoms with Gasteiger partial charge in [-0.2, -0.15) is 0 Å². The molecule has 4 nitrogen and oxygen atoms in total. The zero-order chi connectivity index (χ0) is 13.7. The smallest absolute Gasteiger partial charge is 0.335 e. The zero-order valence-corrected chi connectivity index (χ0v) is 11.3. The van der Waals surface area contributed by atoms with Gasteiger partial charge in [0.25, 0.3) is 0 Å². The van der Waals surface area contributed by atoms with Crippen molar-refractivity contribution < 1.29 is 9.53 Å². The van der Waals surface area contributed by atoms with Gasteiger partial charge in [-0.15, -0.1) is 0 Å². The van der Waals surface area contributed by atoms with Crippen LogP contribution in [-0.2, 0) is 16.0 Å². The van der Waals surface area contributed by atoms with Crippen LogP contribution in [0.2, 0.25) is 0 Å². The molecule has 2 atom stereocenters. The minimum Gasteiger partial charge on any atom is -0.466 e. The molecule has 2 aliphatic rings. The van der Waals surface area contributed by atoms with Crippen LogP contribution in [0, 0.1) is 5.92 Å². The van der Waals surface area contributed by atoms with Gasteiger partial charge < -0.3 is 15.0 Å². The van der Waals surface area contributed by atoms with E-state index >= 15 is 0 Å². The van der Waals surface area contributed by atoms with Gasteiger partial charge in [0, 0.05) is 34.3 Å². The third kappa shape index (κ3) is 1.51. The normalized spacial score (nSPS) is 23.8. The molecule has 0 saturated carbocycles. The molecular formula is C16H16N2O2. The third-order valence-corrected chi connectivity index (χ3v) is 4.45. The Labute approximate surface area is 116 Å². The molecule has 0 amide bonds. The highest BCUT2D eigenvalue weighted by molar-refractivity contribution is 5.90. The second kappa shape index (κ2) is 4.13. The molecule has 1 aliphatic heterocycles. The fraction of sp³-hybridized carbons (Fsp3) is 0.312. The first-order valence-corrected chi connectivity index (χ1v) is 6.92. The first-order valence-electron chi connectivity index (χ1n) is 6.92. The van der Waals surface area contributed by atoms with Gasteiger partial charge in [0.2, 0.25) is 0 Å². The van der Waals surface area contributed by atoms with Crippen molar-refractivity contribution in [3.05, 3.63) is 47.3 Å². The molecule has 20 heavy (non-hydrogen) atoms. The van der Waals surface area contributed by atoms with Gasteiger partial charge >= 0.3 is 5.97 Å². The van der Waals surface area contributed by atoms with E-state index in [1.54, 1.807) is 0 Å². The number of H-pyrrole nitrogens is 1. The molecule has 1 aromatic carbocycles. The molecular weight excluding hydrogens is 252 g/mol. The highest BCUT2D eigenvalue weighted by Gasteiger charge is 2.36. The average Bonchev–Trinajstić information content (AvgIpc) is 2.85. The van der Waals surface area contributed by atoms with Crippen LogP contribution in [0.5, 0.6) is 0 Å². The van der Waals surface area contributed by atoms with Crippen LogP contribution in [0.25, 0.3) is 10.9 Å². The van der Waals surface area contributed by atoms with Crippen molar-refractivity contribution in [3.63, 3.8) is 0 Å². The Morgan fingerprint density at radius 3 is 3.05 bits per heavy atom. The van der Waals surface area contributed by atoms with Gasteiger partial charge in [-0.05, 0) is 18.9 Å². The predicted molar refractivity (Wildman–Crippen MR) is 76.1 cm³/mol. The van der Waals surface area contributed by atoms with Crippen LogP contribution in [0.15, 0.2) is 36.0 Å². The Morgan fingerprint density at radius 1 is 1.35 bits per heavy atom. The first kappa shape index (κ1) is 11.6. The van der Waals surface area contributed by atoms with E-state index in [9.17, 15) is 4.79 Å². The Balaban J connectivity index is 1.81. The molecule has 0 spiro atoms. The van der Waals surface area contributed by atoms with Crippen LogP contribution >= 0.6 is 0 Å². The summed E-state index contributed by atoms with van der Waals surface area (Å²) in [5.41, 5.74) is 4.53. The fourth-order valence-electron chi connectivity index (χ4n) is 3.55. The molecule has 0 saturated heterocycles. The lowest BCUT2D eigenvalue weighted by Crippen LogP contribution is -2.34. The summed E-state index contributed by atoms with van der Waals surface area (Å²) in [7, 11) is 1.44. The lowest BCUT2D eigenvalue weighted by atomic mass is 9.77. The van der Waals surface area contributed by atoms with E-state index in [0.29, 0.717) is 0 Å². The largest absolute Gasteiger partial charge is 0.466 e. The molecule has 0 radical (unpaired) electrons. The number of methoxy groups -OCH3 is 1. The van der Waals surface area contributed by atoms with Crippen LogP contribution < -0.4 is 5.32 Å². The zero-order valence-electron chi connectivity index (χ0n) is 11.3. The number of aromatic nitrogens is 1. The maximum absolute atomic E-state index is 11.8. The standard InChI is InChI=1S/C16H16N2O2/c1-20-16(19)11-8-17-13-6-9(11)7-14-15(13)10-4-2-3-5-12(10)18-14/h2-5,8-9,13,17-18H,6-7H2,1H3/t9-,13+/m1/s1. The van der Waals surface area contributed by atoms with Crippen molar-refractivity contribution in [2.75, 3.05) is 7.11 Å². The van der Waals surface area contributed by atoms with Crippen molar-refractivity contribution in [2.45, 2.75) is 18.9 Å². The number of esters is 1. The van der Waals surface area contributed by atoms with Crippen LogP contribution in [0.3, 0.4) is 0 Å². The van der Waals surface area contributed by atoms with Crippen LogP contribution in [-0.4, -0.2) is 18.1 Å². The molecule has 2 heterocycles. The number of aromatic amines is 1. The number of fused-ring (bicyclic) bond motifs is 6. The van der Waals surface area contributed by atoms with Gasteiger partial charge in [-0.25, -0.2) is 4.79 Å². The molecule has 102 valence electrons. The van der Waals surface area contributed by atoms with E-state index < -0.39 is 0 Å². The average molecular weight is 268 g/mol. The number of ether oxygens (including phenoxy) is 1. The van der Waals surface area contributed by atoms with Crippen molar-refractivity contribution in [1.29, 1.82) is 0 Å². The molecule has 1 aromatic heterocycles. The Morgan fingerprint density at radius 2 is 2.20 bits per heavy atom. The van der Waals surface area contributed by atoms with Gasteiger partial charge in [0.15, 0.2) is 0 Å². The molecule has 0 unspecified atom stereocenters. The van der Waals surface area contributed by atoms with Gasteiger partial charge in [-0.1, -0.05) is 18.2 Å². The minimum atomic E-state index is -0.222. The number of nitrogens with one attached hydrogen (secondary N) is 2. The predicted octanol–water partition coefficient (Wildman–Crippen LogP) is 2.43. The number of rotatable bonds is 1. The maximum atomic E-state index is 11.8. The van der Waals surface area contributed by atoms with Gasteiger partial charge in [0.05, 0.1) is 18.7 Å². The second-order valence-corrected chi connectivity index (χ2v) is 5.51. The molecule has 2 aromatic rings. The molecule has 4 heteroatoms. The highest BCUT2D eigenvalue weighted by atomic mass is 16.5. The number of hydrogen-bond donors (Lipinski definition) is 2. The number of carbonyl (C=O) groups is 1. The summed E-state index contributed by atoms with van der Waals surface area (Å²) in [4.78, 5) is 15.3. The summed E-state index contributed by atoms with van der Waals surface area (Å²) in [6.45, 7) is 0. The fourth-order valence-corrected chi connectivity index (χ4v) is 3.55. The monoisotopic (exact) mass is 268 g/mol. The Bertz CT molecular complexity index is 729. The minimum absolute atomic E-state index is 0.222. The lowest BCUT2D eigenvalue weighted by Gasteiger charge is -2.35. The number of para-hydroxylation sites is 1. The van der Waals surface area contributed by atoms with E-state index in [4.69, 9.17) is 4.74 Å². The van der Waals surface area contributed by atoms with Gasteiger partial charge in [0.1, 0.15) is 0 Å². The summed E-state index contributed by atoms with van der Waals surface area (Å²) in [5, 5.41) is 4.65. The van der Waals surface area contributed by atoms with Crippen LogP contribution in [0.4, 0.5) is 0 Å². The van der Waals surface area contributed by atoms with E-state index in [1.807, 2.05) is 12.3 Å². The summed E-state index contributed by atoms with van der Waals surface area (Å²) in [6, 6.07) is 8.66. The summed E-state index contributed by atoms with van der Waals surface area (Å²) < 4.78 is 4.87. The highest BCUT2D eigenvalue weighted by Crippen LogP contribution is 2.42. The van der Waals surface area contributed by atoms with E-state index in [-0.39, 0.29) is 17.9 Å². The summed E-state index contributed by atoms with van der Waals surface area (Å²) >= 11 is 0. The maximum Gasteiger partial charge on any atom is 0.335 e. The van der Waals surface area contributed by atoms with Crippen LogP contribution in [0.1, 0.15) is 23.7 Å². The van der Waals surface area contributed by atoms with E-state index in [0.717, 1.165) is 18.4 Å². The van der Waals surface area contributed by atoms with Crippen molar-refractivity contribution in [3.8, 4) is 0 Å². The van der Waals surface area contributed by atoms with Crippen molar-refractivity contribution in [2.24, 2.45) is 5.92 Å². The second-order valence-electron chi connectivity index (χ2n) is 5.51. The topological polar surface area (TPSA) is 54.1 Å². The Kier molecular flexibility index (Phi) is 2.39. The van der Waals surface area contributed by atoms with E-state index in [2.05, 4.69) is 28.5 Å². The third-order valence-electron chi connectivity index (χ3n) is 4.45. The number of hydrogen-bond acceptors (Lipinski definition) is 3. The molecule has 2 N–H and O–H groups in total. The molecule has 0 fully saturated rings. The molecule has 4 rings (SSSR count). The quantitative estimate of drug-likeness (QED) is 0.781. The molecule has 1 aliphatic carbocycles. The van der Waals surface area contributed by atoms with Crippen molar-refractivity contribution >= 4 is 16.9 Å². The lowest BCUT2D eigenvalue weighted by molar-refractivity contribution is -0.137. The van der Waals surface area contributed by atoms with E-state index in [1.165, 1.54) is 29.3 Å². The SMILES string of the molecule is COC(=O)C1=CN[C@H]2C[C@@H]1Cc1[nH]c3ccccc3c12. The summed E-state index contributed by atoms with van der Waals surface area (Å²) in [6.07, 6.45) is 3.67. The molecule has 2 bridgehead atoms. The first-order chi connectivity index (χ1) is 9.78. The van der Waals surface area contributed by atoms with Gasteiger partial charge in [-0.3, -0.25) is 0 Å². The van der Waals surface area contributed by atoms with Crippen molar-refractivity contribution in [1.82, 2.24) is 10.3 Å². The number of benzene rings is 1. The Hall–Kier alpha value is -2.23. The summed E-state index contributed by atoms with van der Waals surface area (Å²) in [5.74, 6) is 0.0229. The number of carbonyl (C=O) groups excluding carboxylic acids is 1.